The minimum atomic E-state index is -4.56. The molecule has 1 aromatic carbocycles. The normalized spacial score (nSPS) is 14.5. The fraction of sp³-hybridized carbons (Fsp3) is 0.474. The molecule has 0 saturated heterocycles. The van der Waals surface area contributed by atoms with E-state index in [0.29, 0.717) is 6.54 Å². The molecule has 0 fully saturated rings. The van der Waals surface area contributed by atoms with Crippen LogP contribution in [0.15, 0.2) is 18.2 Å². The van der Waals surface area contributed by atoms with Crippen molar-refractivity contribution in [1.82, 2.24) is 20.8 Å². The number of rotatable bonds is 4. The fourth-order valence-corrected chi connectivity index (χ4v) is 3.06. The second-order valence-corrected chi connectivity index (χ2v) is 7.67. The van der Waals surface area contributed by atoms with Crippen molar-refractivity contribution < 1.29 is 22.7 Å². The van der Waals surface area contributed by atoms with E-state index >= 15 is 0 Å². The molecular formula is C19H23F3N4O2. The molecular weight excluding hydrogens is 373 g/mol. The number of fused-ring (bicyclic) bond motifs is 1. The van der Waals surface area contributed by atoms with E-state index in [9.17, 15) is 18.0 Å². The smallest absolute Gasteiger partial charge is 0.416 e. The highest BCUT2D eigenvalue weighted by atomic mass is 19.4. The third-order valence-corrected chi connectivity index (χ3v) is 4.27. The summed E-state index contributed by atoms with van der Waals surface area (Å²) in [6.45, 7) is 6.30. The summed E-state index contributed by atoms with van der Waals surface area (Å²) in [5, 5.41) is 12.5. The molecule has 6 nitrogen and oxygen atoms in total. The van der Waals surface area contributed by atoms with E-state index in [1.165, 1.54) is 12.1 Å². The van der Waals surface area contributed by atoms with Gasteiger partial charge in [0.2, 0.25) is 0 Å². The molecule has 1 amide bonds. The third kappa shape index (κ3) is 4.64. The number of alkyl halides is 3. The van der Waals surface area contributed by atoms with Gasteiger partial charge >= 0.3 is 6.18 Å². The van der Waals surface area contributed by atoms with E-state index in [1.807, 2.05) is 0 Å². The van der Waals surface area contributed by atoms with Gasteiger partial charge in [-0.25, -0.2) is 0 Å². The maximum atomic E-state index is 13.5. The maximum Gasteiger partial charge on any atom is 0.416 e. The molecule has 2 heterocycles. The Labute approximate surface area is 160 Å². The molecule has 0 aliphatic carbocycles. The van der Waals surface area contributed by atoms with Crippen molar-refractivity contribution in [2.45, 2.75) is 52.1 Å². The maximum absolute atomic E-state index is 13.5. The number of amides is 1. The van der Waals surface area contributed by atoms with Crippen LogP contribution in [0, 0.1) is 0 Å². The van der Waals surface area contributed by atoms with Crippen LogP contribution in [-0.4, -0.2) is 28.3 Å². The van der Waals surface area contributed by atoms with E-state index in [4.69, 9.17) is 4.74 Å². The van der Waals surface area contributed by atoms with Crippen LogP contribution < -0.4 is 15.4 Å². The molecule has 0 unspecified atom stereocenters. The first-order valence-corrected chi connectivity index (χ1v) is 8.99. The van der Waals surface area contributed by atoms with E-state index in [-0.39, 0.29) is 23.6 Å². The lowest BCUT2D eigenvalue weighted by Crippen LogP contribution is -2.29. The van der Waals surface area contributed by atoms with Gasteiger partial charge in [-0.2, -0.15) is 18.3 Å². The van der Waals surface area contributed by atoms with Gasteiger partial charge in [-0.1, -0.05) is 6.07 Å². The summed E-state index contributed by atoms with van der Waals surface area (Å²) in [7, 11) is 0. The van der Waals surface area contributed by atoms with Crippen LogP contribution in [0.4, 0.5) is 13.2 Å². The second kappa shape index (κ2) is 7.46. The zero-order valence-corrected chi connectivity index (χ0v) is 16.0. The van der Waals surface area contributed by atoms with Gasteiger partial charge in [0.15, 0.2) is 5.69 Å². The summed E-state index contributed by atoms with van der Waals surface area (Å²) in [6.07, 6.45) is -3.84. The van der Waals surface area contributed by atoms with Crippen molar-refractivity contribution in [2.24, 2.45) is 0 Å². The Bertz CT molecular complexity index is 869. The summed E-state index contributed by atoms with van der Waals surface area (Å²) in [5.74, 6) is -0.383. The molecule has 0 spiro atoms. The molecule has 0 atom stereocenters. The summed E-state index contributed by atoms with van der Waals surface area (Å²) in [4.78, 5) is 12.4. The van der Waals surface area contributed by atoms with E-state index < -0.39 is 23.2 Å². The molecule has 28 heavy (non-hydrogen) atoms. The minimum Gasteiger partial charge on any atom is -0.488 e. The molecule has 1 aliphatic rings. The first-order chi connectivity index (χ1) is 13.0. The zero-order chi connectivity index (χ0) is 20.5. The van der Waals surface area contributed by atoms with E-state index in [0.717, 1.165) is 30.3 Å². The fourth-order valence-electron chi connectivity index (χ4n) is 3.06. The predicted molar refractivity (Wildman–Crippen MR) is 97.0 cm³/mol. The zero-order valence-electron chi connectivity index (χ0n) is 16.0. The van der Waals surface area contributed by atoms with Crippen molar-refractivity contribution in [2.75, 3.05) is 6.54 Å². The number of aromatic nitrogens is 2. The SMILES string of the molecule is CC(C)(C)Oc1ccc(CNC(=O)c2n[nH]c3c2CNCC3)c(C(F)(F)F)c1. The largest absolute Gasteiger partial charge is 0.488 e. The summed E-state index contributed by atoms with van der Waals surface area (Å²) < 4.78 is 46.0. The number of halogens is 3. The van der Waals surface area contributed by atoms with Gasteiger partial charge in [0.25, 0.3) is 5.91 Å². The third-order valence-electron chi connectivity index (χ3n) is 4.27. The minimum absolute atomic E-state index is 0.0374. The molecule has 3 N–H and O–H groups in total. The lowest BCUT2D eigenvalue weighted by molar-refractivity contribution is -0.138. The number of carbonyl (C=O) groups excluding carboxylic acids is 1. The topological polar surface area (TPSA) is 79.0 Å². The van der Waals surface area contributed by atoms with Crippen molar-refractivity contribution in [1.29, 1.82) is 0 Å². The summed E-state index contributed by atoms with van der Waals surface area (Å²) >= 11 is 0. The number of aromatic amines is 1. The van der Waals surface area contributed by atoms with E-state index in [2.05, 4.69) is 20.8 Å². The average molecular weight is 396 g/mol. The van der Waals surface area contributed by atoms with Crippen LogP contribution in [0.2, 0.25) is 0 Å². The molecule has 0 bridgehead atoms. The molecule has 1 aliphatic heterocycles. The standard InChI is InChI=1S/C19H23F3N4O2/c1-18(2,3)28-12-5-4-11(14(8-12)19(20,21)22)9-24-17(27)16-13-10-23-7-6-15(13)25-26-16/h4-5,8,23H,6-7,9-10H2,1-3H3,(H,24,27)(H,25,26). The number of nitrogens with zero attached hydrogens (tertiary/aromatic N) is 1. The van der Waals surface area contributed by atoms with Crippen LogP contribution in [0.3, 0.4) is 0 Å². The number of nitrogens with one attached hydrogen (secondary N) is 3. The van der Waals surface area contributed by atoms with Gasteiger partial charge < -0.3 is 15.4 Å². The molecule has 9 heteroatoms. The lowest BCUT2D eigenvalue weighted by Gasteiger charge is -2.23. The Morgan fingerprint density at radius 2 is 2.04 bits per heavy atom. The van der Waals surface area contributed by atoms with Crippen molar-refractivity contribution in [3.8, 4) is 5.75 Å². The molecule has 1 aromatic heterocycles. The number of hydrogen-bond donors (Lipinski definition) is 3. The average Bonchev–Trinajstić information content (AvgIpc) is 3.02. The quantitative estimate of drug-likeness (QED) is 0.742. The van der Waals surface area contributed by atoms with Gasteiger partial charge in [-0.3, -0.25) is 9.89 Å². The molecule has 2 aromatic rings. The highest BCUT2D eigenvalue weighted by molar-refractivity contribution is 5.94. The van der Waals surface area contributed by atoms with Crippen LogP contribution >= 0.6 is 0 Å². The Balaban J connectivity index is 1.78. The Morgan fingerprint density at radius 1 is 1.29 bits per heavy atom. The highest BCUT2D eigenvalue weighted by Crippen LogP contribution is 2.35. The predicted octanol–water partition coefficient (Wildman–Crippen LogP) is 3.18. The Kier molecular flexibility index (Phi) is 5.38. The molecule has 152 valence electrons. The highest BCUT2D eigenvalue weighted by Gasteiger charge is 2.34. The van der Waals surface area contributed by atoms with Gasteiger partial charge in [-0.05, 0) is 38.5 Å². The van der Waals surface area contributed by atoms with Gasteiger partial charge in [-0.15, -0.1) is 0 Å². The number of benzene rings is 1. The van der Waals surface area contributed by atoms with Crippen molar-refractivity contribution in [3.63, 3.8) is 0 Å². The van der Waals surface area contributed by atoms with Gasteiger partial charge in [0.05, 0.1) is 5.56 Å². The first kappa shape index (κ1) is 20.2. The van der Waals surface area contributed by atoms with Gasteiger partial charge in [0, 0.05) is 37.3 Å². The van der Waals surface area contributed by atoms with Crippen LogP contribution in [0.1, 0.15) is 53.6 Å². The van der Waals surface area contributed by atoms with Crippen molar-refractivity contribution >= 4 is 5.91 Å². The Morgan fingerprint density at radius 3 is 2.71 bits per heavy atom. The lowest BCUT2D eigenvalue weighted by atomic mass is 10.0. The number of carbonyl (C=O) groups is 1. The second-order valence-electron chi connectivity index (χ2n) is 7.67. The summed E-state index contributed by atoms with van der Waals surface area (Å²) in [6, 6.07) is 3.77. The summed E-state index contributed by atoms with van der Waals surface area (Å²) in [5.41, 5.74) is 0.358. The number of H-pyrrole nitrogens is 1. The van der Waals surface area contributed by atoms with Crippen molar-refractivity contribution in [3.05, 3.63) is 46.3 Å². The molecule has 0 radical (unpaired) electrons. The number of ether oxygens (including phenoxy) is 1. The number of hydrogen-bond acceptors (Lipinski definition) is 4. The van der Waals surface area contributed by atoms with Crippen LogP contribution in [0.5, 0.6) is 5.75 Å². The molecule has 0 saturated carbocycles. The van der Waals surface area contributed by atoms with Gasteiger partial charge in [0.1, 0.15) is 11.4 Å². The monoisotopic (exact) mass is 396 g/mol. The van der Waals surface area contributed by atoms with Crippen LogP contribution in [-0.2, 0) is 25.7 Å². The van der Waals surface area contributed by atoms with E-state index in [1.54, 1.807) is 20.8 Å². The first-order valence-electron chi connectivity index (χ1n) is 8.99. The molecule has 3 rings (SSSR count). The van der Waals surface area contributed by atoms with Crippen LogP contribution in [0.25, 0.3) is 0 Å². The Hall–Kier alpha value is -2.55.